The van der Waals surface area contributed by atoms with Gasteiger partial charge in [-0.05, 0) is 49.7 Å². The summed E-state index contributed by atoms with van der Waals surface area (Å²) in [5, 5.41) is 16.6. The van der Waals surface area contributed by atoms with E-state index in [-0.39, 0.29) is 38.0 Å². The van der Waals surface area contributed by atoms with Crippen LogP contribution in [0.5, 0.6) is 11.5 Å². The van der Waals surface area contributed by atoms with Crippen LogP contribution in [0.3, 0.4) is 0 Å². The fourth-order valence-corrected chi connectivity index (χ4v) is 4.70. The third-order valence-corrected chi connectivity index (χ3v) is 6.51. The van der Waals surface area contributed by atoms with Crippen molar-refractivity contribution >= 4 is 11.9 Å². The van der Waals surface area contributed by atoms with Gasteiger partial charge in [-0.15, -0.1) is 0 Å². The lowest BCUT2D eigenvalue weighted by atomic mass is 10.1. The molecule has 208 valence electrons. The standard InChI is InChI=1S/C27H31F2N5O5/c1-38-21-7-5-8-22(39-2)25(21)20-16-19(32-34(20)23-9-3-4-12-30-23)26(37)31-18(15-24(35)36)10-14-33-13-6-11-27(28,29)17-33/h3-5,7-9,12,16,18H,6,10-11,13-15,17H2,1-2H3,(H,31,37)(H,35,36). The van der Waals surface area contributed by atoms with E-state index in [1.807, 2.05) is 0 Å². The molecule has 39 heavy (non-hydrogen) atoms. The van der Waals surface area contributed by atoms with Gasteiger partial charge in [-0.3, -0.25) is 14.5 Å². The Hall–Kier alpha value is -4.06. The smallest absolute Gasteiger partial charge is 0.305 e. The number of carboxylic acid groups (broad SMARTS) is 1. The highest BCUT2D eigenvalue weighted by Crippen LogP contribution is 2.39. The second-order valence-corrected chi connectivity index (χ2v) is 9.34. The number of rotatable bonds is 11. The van der Waals surface area contributed by atoms with E-state index in [0.29, 0.717) is 41.5 Å². The number of likely N-dealkylation sites (tertiary alicyclic amines) is 1. The van der Waals surface area contributed by atoms with Crippen LogP contribution < -0.4 is 14.8 Å². The van der Waals surface area contributed by atoms with Gasteiger partial charge in [0.15, 0.2) is 11.5 Å². The number of nitrogens with one attached hydrogen (secondary N) is 1. The lowest BCUT2D eigenvalue weighted by Gasteiger charge is -2.33. The van der Waals surface area contributed by atoms with E-state index < -0.39 is 23.8 Å². The van der Waals surface area contributed by atoms with Gasteiger partial charge in [0.2, 0.25) is 0 Å². The van der Waals surface area contributed by atoms with E-state index >= 15 is 0 Å². The molecule has 1 aliphatic heterocycles. The fraction of sp³-hybridized carbons (Fsp3) is 0.407. The summed E-state index contributed by atoms with van der Waals surface area (Å²) >= 11 is 0. The van der Waals surface area contributed by atoms with Crippen molar-refractivity contribution in [2.45, 2.75) is 37.6 Å². The van der Waals surface area contributed by atoms with Gasteiger partial charge in [0, 0.05) is 25.2 Å². The Morgan fingerprint density at radius 1 is 1.15 bits per heavy atom. The molecule has 1 aromatic carbocycles. The maximum Gasteiger partial charge on any atom is 0.305 e. The highest BCUT2D eigenvalue weighted by Gasteiger charge is 2.35. The van der Waals surface area contributed by atoms with Crippen LogP contribution in [0.15, 0.2) is 48.7 Å². The van der Waals surface area contributed by atoms with Gasteiger partial charge in [0.05, 0.1) is 38.4 Å². The van der Waals surface area contributed by atoms with Gasteiger partial charge in [-0.25, -0.2) is 18.4 Å². The molecule has 12 heteroatoms. The number of piperidine rings is 1. The predicted molar refractivity (Wildman–Crippen MR) is 139 cm³/mol. The molecule has 0 bridgehead atoms. The number of hydrogen-bond donors (Lipinski definition) is 2. The van der Waals surface area contributed by atoms with Gasteiger partial charge >= 0.3 is 5.97 Å². The van der Waals surface area contributed by atoms with Gasteiger partial charge in [-0.1, -0.05) is 12.1 Å². The zero-order chi connectivity index (χ0) is 28.0. The summed E-state index contributed by atoms with van der Waals surface area (Å²) in [6.07, 6.45) is 1.64. The van der Waals surface area contributed by atoms with E-state index in [1.165, 1.54) is 18.9 Å². The Morgan fingerprint density at radius 3 is 2.51 bits per heavy atom. The quantitative estimate of drug-likeness (QED) is 0.376. The zero-order valence-corrected chi connectivity index (χ0v) is 21.8. The van der Waals surface area contributed by atoms with E-state index in [2.05, 4.69) is 15.4 Å². The van der Waals surface area contributed by atoms with Crippen LogP contribution in [0.2, 0.25) is 0 Å². The highest BCUT2D eigenvalue weighted by molar-refractivity contribution is 5.94. The SMILES string of the molecule is COc1cccc(OC)c1-c1cc(C(=O)NC(CCN2CCCC(F)(F)C2)CC(=O)O)nn1-c1ccccn1. The van der Waals surface area contributed by atoms with Gasteiger partial charge in [0.25, 0.3) is 11.8 Å². The summed E-state index contributed by atoms with van der Waals surface area (Å²) in [7, 11) is 3.03. The summed E-state index contributed by atoms with van der Waals surface area (Å²) in [6, 6.07) is 11.3. The first-order valence-corrected chi connectivity index (χ1v) is 12.6. The minimum Gasteiger partial charge on any atom is -0.496 e. The van der Waals surface area contributed by atoms with Crippen molar-refractivity contribution in [3.05, 3.63) is 54.4 Å². The normalized spacial score (nSPS) is 15.9. The van der Waals surface area contributed by atoms with Gasteiger partial charge < -0.3 is 19.9 Å². The average Bonchev–Trinajstić information content (AvgIpc) is 3.36. The number of ether oxygens (including phenoxy) is 2. The van der Waals surface area contributed by atoms with Crippen molar-refractivity contribution in [3.8, 4) is 28.6 Å². The molecule has 2 N–H and O–H groups in total. The largest absolute Gasteiger partial charge is 0.496 e. The molecule has 1 unspecified atom stereocenters. The molecule has 0 spiro atoms. The third-order valence-electron chi connectivity index (χ3n) is 6.51. The van der Waals surface area contributed by atoms with E-state index in [1.54, 1.807) is 53.6 Å². The van der Waals surface area contributed by atoms with E-state index in [4.69, 9.17) is 9.47 Å². The number of benzene rings is 1. The number of carbonyl (C=O) groups excluding carboxylic acids is 1. The van der Waals surface area contributed by atoms with E-state index in [9.17, 15) is 23.5 Å². The number of hydrogen-bond acceptors (Lipinski definition) is 7. The topological polar surface area (TPSA) is 119 Å². The molecule has 2 aromatic heterocycles. The van der Waals surface area contributed by atoms with Crippen LogP contribution in [0.1, 0.15) is 36.2 Å². The second kappa shape index (κ2) is 12.2. The van der Waals surface area contributed by atoms with Crippen LogP contribution in [0.4, 0.5) is 8.78 Å². The average molecular weight is 544 g/mol. The Balaban J connectivity index is 1.63. The summed E-state index contributed by atoms with van der Waals surface area (Å²) in [5.74, 6) is -3.07. The van der Waals surface area contributed by atoms with Crippen LogP contribution >= 0.6 is 0 Å². The third kappa shape index (κ3) is 6.88. The molecule has 1 amide bonds. The molecular formula is C27H31F2N5O5. The maximum absolute atomic E-state index is 13.8. The van der Waals surface area contributed by atoms with Crippen molar-refractivity contribution in [2.75, 3.05) is 33.9 Å². The molecule has 1 saturated heterocycles. The van der Waals surface area contributed by atoms with Crippen LogP contribution in [-0.2, 0) is 4.79 Å². The Bertz CT molecular complexity index is 1280. The molecule has 0 aliphatic carbocycles. The molecule has 1 fully saturated rings. The van der Waals surface area contributed by atoms with Gasteiger partial charge in [-0.2, -0.15) is 5.10 Å². The van der Waals surface area contributed by atoms with Crippen molar-refractivity contribution in [1.29, 1.82) is 0 Å². The minimum absolute atomic E-state index is 0.0171. The first-order chi connectivity index (χ1) is 18.7. The molecule has 3 aromatic rings. The molecule has 10 nitrogen and oxygen atoms in total. The number of carboxylic acids is 1. The zero-order valence-electron chi connectivity index (χ0n) is 21.8. The number of methoxy groups -OCH3 is 2. The van der Waals surface area contributed by atoms with Gasteiger partial charge in [0.1, 0.15) is 11.5 Å². The number of pyridine rings is 1. The first kappa shape index (κ1) is 28.0. The summed E-state index contributed by atoms with van der Waals surface area (Å²) in [4.78, 5) is 30.8. The first-order valence-electron chi connectivity index (χ1n) is 12.6. The van der Waals surface area contributed by atoms with Crippen molar-refractivity contribution in [1.82, 2.24) is 25.0 Å². The van der Waals surface area contributed by atoms with Crippen molar-refractivity contribution in [2.24, 2.45) is 0 Å². The molecular weight excluding hydrogens is 512 g/mol. The molecule has 0 radical (unpaired) electrons. The minimum atomic E-state index is -2.77. The Labute approximate surface area is 224 Å². The number of carbonyl (C=O) groups is 2. The molecule has 1 aliphatic rings. The lowest BCUT2D eigenvalue weighted by Crippen LogP contribution is -2.45. The second-order valence-electron chi connectivity index (χ2n) is 9.34. The number of aromatic nitrogens is 3. The Kier molecular flexibility index (Phi) is 8.75. The van der Waals surface area contributed by atoms with Crippen molar-refractivity contribution in [3.63, 3.8) is 0 Å². The highest BCUT2D eigenvalue weighted by atomic mass is 19.3. The fourth-order valence-electron chi connectivity index (χ4n) is 4.70. The lowest BCUT2D eigenvalue weighted by molar-refractivity contribution is -0.137. The molecule has 3 heterocycles. The molecule has 1 atom stereocenters. The van der Waals surface area contributed by atoms with Crippen molar-refractivity contribution < 1.29 is 33.0 Å². The maximum atomic E-state index is 13.8. The summed E-state index contributed by atoms with van der Waals surface area (Å²) < 4.78 is 40.2. The van der Waals surface area contributed by atoms with Crippen LogP contribution in [-0.4, -0.2) is 82.5 Å². The summed E-state index contributed by atoms with van der Waals surface area (Å²) in [6.45, 7) is 0.362. The number of amides is 1. The Morgan fingerprint density at radius 2 is 1.90 bits per heavy atom. The summed E-state index contributed by atoms with van der Waals surface area (Å²) in [5.41, 5.74) is 1.04. The van der Waals surface area contributed by atoms with E-state index in [0.717, 1.165) is 0 Å². The van der Waals surface area contributed by atoms with Crippen LogP contribution in [0, 0.1) is 0 Å². The number of aliphatic carboxylic acids is 1. The number of alkyl halides is 2. The molecule has 4 rings (SSSR count). The number of halogens is 2. The predicted octanol–water partition coefficient (Wildman–Crippen LogP) is 3.65. The van der Waals surface area contributed by atoms with Crippen LogP contribution in [0.25, 0.3) is 17.1 Å². The molecule has 0 saturated carbocycles. The monoisotopic (exact) mass is 543 g/mol. The number of nitrogens with zero attached hydrogens (tertiary/aromatic N) is 4.